The summed E-state index contributed by atoms with van der Waals surface area (Å²) in [5, 5.41) is 2.31. The first-order chi connectivity index (χ1) is 17.8. The summed E-state index contributed by atoms with van der Waals surface area (Å²) in [6, 6.07) is 14.7. The molecular formula is C32H34N5O+. The van der Waals surface area contributed by atoms with E-state index in [1.807, 2.05) is 18.2 Å². The monoisotopic (exact) mass is 504 g/mol. The maximum atomic E-state index is 6.50. The zero-order valence-electron chi connectivity index (χ0n) is 23.7. The predicted octanol–water partition coefficient (Wildman–Crippen LogP) is 7.05. The molecule has 6 rings (SSSR count). The minimum absolute atomic E-state index is 0.222. The fourth-order valence-electron chi connectivity index (χ4n) is 5.18. The number of aromatic nitrogens is 5. The second-order valence-corrected chi connectivity index (χ2v) is 12.5. The van der Waals surface area contributed by atoms with Gasteiger partial charge in [-0.3, -0.25) is 0 Å². The van der Waals surface area contributed by atoms with Crippen LogP contribution in [0.3, 0.4) is 0 Å². The van der Waals surface area contributed by atoms with Gasteiger partial charge in [-0.2, -0.15) is 9.55 Å². The zero-order valence-corrected chi connectivity index (χ0v) is 23.7. The van der Waals surface area contributed by atoms with Gasteiger partial charge in [0.2, 0.25) is 5.52 Å². The Morgan fingerprint density at radius 1 is 0.789 bits per heavy atom. The Labute approximate surface area is 223 Å². The number of para-hydroxylation sites is 1. The molecule has 0 unspecified atom stereocenters. The third-order valence-electron chi connectivity index (χ3n) is 7.44. The van der Waals surface area contributed by atoms with Gasteiger partial charge in [-0.15, -0.1) is 0 Å². The summed E-state index contributed by atoms with van der Waals surface area (Å²) in [5.41, 5.74) is 6.89. The summed E-state index contributed by atoms with van der Waals surface area (Å²) < 4.78 is 8.70. The van der Waals surface area contributed by atoms with Crippen LogP contribution in [-0.4, -0.2) is 19.9 Å². The molecule has 0 amide bonds. The van der Waals surface area contributed by atoms with Crippen LogP contribution in [0.25, 0.3) is 44.5 Å². The van der Waals surface area contributed by atoms with Crippen molar-refractivity contribution in [3.05, 3.63) is 65.2 Å². The van der Waals surface area contributed by atoms with E-state index < -0.39 is 0 Å². The highest BCUT2D eigenvalue weighted by molar-refractivity contribution is 6.05. The zero-order chi connectivity index (χ0) is 27.1. The first kappa shape index (κ1) is 24.4. The topological polar surface area (TPSA) is 64.7 Å². The van der Waals surface area contributed by atoms with Crippen LogP contribution in [0.4, 0.5) is 0 Å². The van der Waals surface area contributed by atoms with Crippen molar-refractivity contribution in [2.24, 2.45) is 7.05 Å². The highest BCUT2D eigenvalue weighted by Crippen LogP contribution is 2.47. The van der Waals surface area contributed by atoms with Crippen LogP contribution in [0.15, 0.2) is 42.5 Å². The van der Waals surface area contributed by atoms with Gasteiger partial charge in [0.15, 0.2) is 5.82 Å². The largest absolute Gasteiger partial charge is 0.433 e. The number of aryl methyl sites for hydroxylation is 2. The molecule has 6 heteroatoms. The molecule has 1 aliphatic rings. The van der Waals surface area contributed by atoms with Crippen LogP contribution in [0.2, 0.25) is 0 Å². The minimum Gasteiger partial charge on any atom is -0.433 e. The highest BCUT2D eigenvalue weighted by atomic mass is 16.5. The summed E-state index contributed by atoms with van der Waals surface area (Å²) in [6.45, 7) is 17.1. The van der Waals surface area contributed by atoms with E-state index in [9.17, 15) is 0 Å². The van der Waals surface area contributed by atoms with E-state index in [1.165, 1.54) is 22.1 Å². The number of rotatable bonds is 1. The Balaban J connectivity index is 1.67. The summed E-state index contributed by atoms with van der Waals surface area (Å²) in [4.78, 5) is 19.9. The summed E-state index contributed by atoms with van der Waals surface area (Å²) in [6.07, 6.45) is 0. The molecule has 0 N–H and O–H groups in total. The van der Waals surface area contributed by atoms with Gasteiger partial charge in [0.1, 0.15) is 30.0 Å². The maximum Gasteiger partial charge on any atom is 0.294 e. The average molecular weight is 505 g/mol. The van der Waals surface area contributed by atoms with Gasteiger partial charge >= 0.3 is 0 Å². The van der Waals surface area contributed by atoms with Crippen molar-refractivity contribution >= 4 is 21.8 Å². The van der Waals surface area contributed by atoms with Gasteiger partial charge in [0.25, 0.3) is 11.6 Å². The summed E-state index contributed by atoms with van der Waals surface area (Å²) >= 11 is 0. The van der Waals surface area contributed by atoms with E-state index in [0.29, 0.717) is 11.7 Å². The van der Waals surface area contributed by atoms with Crippen molar-refractivity contribution in [1.29, 1.82) is 0 Å². The number of nitrogens with zero attached hydrogens (tertiary/aromatic N) is 5. The molecule has 38 heavy (non-hydrogen) atoms. The third-order valence-corrected chi connectivity index (χ3v) is 7.44. The van der Waals surface area contributed by atoms with Crippen LogP contribution in [0.1, 0.15) is 64.3 Å². The molecule has 0 fully saturated rings. The number of hydrogen-bond donors (Lipinski definition) is 0. The van der Waals surface area contributed by atoms with Crippen LogP contribution in [0.5, 0.6) is 11.6 Å². The Kier molecular flexibility index (Phi) is 5.16. The fraction of sp³-hybridized carbons (Fsp3) is 0.344. The SMILES string of the molecule is Cc1cc2cccc3c2c(c1C)-c1c(nc2c(-c4nc(C(C)(C)C)nc(C(C)(C)C)n4)cccc2[n+]1C)O3. The predicted molar refractivity (Wildman–Crippen MR) is 152 cm³/mol. The van der Waals surface area contributed by atoms with E-state index in [1.54, 1.807) is 0 Å². The number of fused-ring (bicyclic) bond motifs is 3. The standard InChI is InChI=1S/C32H34N5O/c1-17-16-19-12-10-15-22-24(19)23(18(17)2)26-28(38-22)33-25-20(13-11-14-21(25)37(26)9)27-34-29(31(3,4)5)36-30(35-27)32(6,7)8/h10-16H,1-9H3/q+1. The normalized spacial score (nSPS) is 13.1. The molecule has 0 spiro atoms. The van der Waals surface area contributed by atoms with Crippen molar-refractivity contribution in [2.75, 3.05) is 0 Å². The van der Waals surface area contributed by atoms with Crippen LogP contribution < -0.4 is 9.30 Å². The summed E-state index contributed by atoms with van der Waals surface area (Å²) in [7, 11) is 2.09. The molecule has 0 bridgehead atoms. The average Bonchev–Trinajstić information content (AvgIpc) is 2.85. The molecule has 1 aliphatic heterocycles. The van der Waals surface area contributed by atoms with Crippen molar-refractivity contribution in [3.63, 3.8) is 0 Å². The molecule has 3 aromatic carbocycles. The van der Waals surface area contributed by atoms with Crippen LogP contribution in [0, 0.1) is 13.8 Å². The Hall–Kier alpha value is -3.93. The number of hydrogen-bond acceptors (Lipinski definition) is 5. The lowest BCUT2D eigenvalue weighted by Gasteiger charge is -2.23. The fourth-order valence-corrected chi connectivity index (χ4v) is 5.18. The lowest BCUT2D eigenvalue weighted by molar-refractivity contribution is -0.634. The molecule has 0 atom stereocenters. The molecule has 0 saturated heterocycles. The molecule has 5 aromatic rings. The van der Waals surface area contributed by atoms with Gasteiger partial charge in [0, 0.05) is 22.3 Å². The lowest BCUT2D eigenvalue weighted by atomic mass is 9.91. The van der Waals surface area contributed by atoms with Gasteiger partial charge in [0.05, 0.1) is 11.1 Å². The van der Waals surface area contributed by atoms with E-state index in [4.69, 9.17) is 24.7 Å². The first-order valence-corrected chi connectivity index (χ1v) is 13.2. The number of ether oxygens (including phenoxy) is 1. The smallest absolute Gasteiger partial charge is 0.294 e. The van der Waals surface area contributed by atoms with Gasteiger partial charge in [-0.25, -0.2) is 15.0 Å². The Morgan fingerprint density at radius 2 is 1.45 bits per heavy atom. The van der Waals surface area contributed by atoms with Crippen LogP contribution in [-0.2, 0) is 17.9 Å². The first-order valence-electron chi connectivity index (χ1n) is 13.2. The molecule has 6 nitrogen and oxygen atoms in total. The second kappa shape index (κ2) is 8.03. The Bertz CT molecular complexity index is 1760. The van der Waals surface area contributed by atoms with Gasteiger partial charge in [-0.05, 0) is 42.5 Å². The third kappa shape index (κ3) is 3.65. The van der Waals surface area contributed by atoms with E-state index in [2.05, 4.69) is 91.3 Å². The molecular weight excluding hydrogens is 470 g/mol. The molecule has 192 valence electrons. The number of benzene rings is 3. The van der Waals surface area contributed by atoms with Crippen molar-refractivity contribution in [1.82, 2.24) is 19.9 Å². The molecule has 0 saturated carbocycles. The second-order valence-electron chi connectivity index (χ2n) is 12.5. The van der Waals surface area contributed by atoms with Crippen LogP contribution >= 0.6 is 0 Å². The quantitative estimate of drug-likeness (QED) is 0.225. The van der Waals surface area contributed by atoms with Gasteiger partial charge in [-0.1, -0.05) is 65.8 Å². The van der Waals surface area contributed by atoms with Gasteiger partial charge < -0.3 is 4.74 Å². The minimum atomic E-state index is -0.222. The lowest BCUT2D eigenvalue weighted by Crippen LogP contribution is -2.34. The Morgan fingerprint density at radius 3 is 2.11 bits per heavy atom. The summed E-state index contributed by atoms with van der Waals surface area (Å²) in [5.74, 6) is 3.62. The molecule has 3 heterocycles. The molecule has 0 aliphatic carbocycles. The van der Waals surface area contributed by atoms with Crippen molar-refractivity contribution in [3.8, 4) is 34.3 Å². The van der Waals surface area contributed by atoms with Crippen molar-refractivity contribution < 1.29 is 9.30 Å². The van der Waals surface area contributed by atoms with E-state index >= 15 is 0 Å². The highest BCUT2D eigenvalue weighted by Gasteiger charge is 2.34. The molecule has 0 radical (unpaired) electrons. The van der Waals surface area contributed by atoms with E-state index in [-0.39, 0.29) is 10.8 Å². The van der Waals surface area contributed by atoms with Crippen molar-refractivity contribution in [2.45, 2.75) is 66.2 Å². The molecule has 2 aromatic heterocycles. The van der Waals surface area contributed by atoms with E-state index in [0.717, 1.165) is 45.1 Å². The maximum absolute atomic E-state index is 6.50.